The molecule has 0 aromatic heterocycles. The van der Waals surface area contributed by atoms with Gasteiger partial charge in [-0.2, -0.15) is 0 Å². The number of carbonyl (C=O) groups is 1. The molecule has 0 aromatic rings. The first-order valence-corrected chi connectivity index (χ1v) is 4.06. The van der Waals surface area contributed by atoms with Crippen molar-refractivity contribution in [2.45, 2.75) is 32.2 Å². The molecule has 1 amide bonds. The maximum Gasteiger partial charge on any atom is 0.229 e. The molecule has 0 spiro atoms. The van der Waals surface area contributed by atoms with Gasteiger partial charge < -0.3 is 5.32 Å². The van der Waals surface area contributed by atoms with E-state index in [1.165, 1.54) is 0 Å². The van der Waals surface area contributed by atoms with E-state index in [-0.39, 0.29) is 16.9 Å². The van der Waals surface area contributed by atoms with Crippen LogP contribution in [-0.2, 0) is 4.79 Å². The van der Waals surface area contributed by atoms with Crippen molar-refractivity contribution >= 4 is 5.91 Å². The monoisotopic (exact) mass is 151 g/mol. The minimum absolute atomic E-state index is 0.0405. The van der Waals surface area contributed by atoms with Crippen LogP contribution in [0.4, 0.5) is 0 Å². The van der Waals surface area contributed by atoms with Gasteiger partial charge in [0.05, 0.1) is 11.0 Å². The zero-order valence-corrected chi connectivity index (χ0v) is 6.98. The Morgan fingerprint density at radius 1 is 1.36 bits per heavy atom. The lowest BCUT2D eigenvalue weighted by Gasteiger charge is -2.56. The molecule has 0 radical (unpaired) electrons. The van der Waals surface area contributed by atoms with Crippen molar-refractivity contribution < 1.29 is 4.79 Å². The molecule has 1 aliphatic heterocycles. The molecule has 11 heavy (non-hydrogen) atoms. The summed E-state index contributed by atoms with van der Waals surface area (Å²) in [5, 5.41) is 2.97. The van der Waals surface area contributed by atoms with Crippen LogP contribution < -0.4 is 5.32 Å². The van der Waals surface area contributed by atoms with E-state index < -0.39 is 0 Å². The topological polar surface area (TPSA) is 29.1 Å². The molecular weight excluding hydrogens is 138 g/mol. The van der Waals surface area contributed by atoms with E-state index in [2.05, 4.69) is 31.3 Å². The second-order valence-corrected chi connectivity index (χ2v) is 4.00. The summed E-state index contributed by atoms with van der Waals surface area (Å²) in [6, 6.07) is 0. The normalized spacial score (nSPS) is 47.6. The molecule has 2 rings (SSSR count). The molecule has 60 valence electrons. The molecule has 1 heterocycles. The molecule has 2 aliphatic rings. The first-order chi connectivity index (χ1) is 5.08. The Hall–Kier alpha value is -0.790. The van der Waals surface area contributed by atoms with Gasteiger partial charge in [-0.25, -0.2) is 0 Å². The summed E-state index contributed by atoms with van der Waals surface area (Å²) in [5.41, 5.74) is -0.0828. The molecule has 2 nitrogen and oxygen atoms in total. The van der Waals surface area contributed by atoms with Gasteiger partial charge in [-0.1, -0.05) is 12.2 Å². The average molecular weight is 151 g/mol. The molecular formula is C9H13NO. The van der Waals surface area contributed by atoms with Crippen molar-refractivity contribution in [2.24, 2.45) is 5.41 Å². The van der Waals surface area contributed by atoms with Crippen molar-refractivity contribution in [3.63, 3.8) is 0 Å². The van der Waals surface area contributed by atoms with Gasteiger partial charge in [0.15, 0.2) is 0 Å². The molecule has 0 aromatic carbocycles. The van der Waals surface area contributed by atoms with Crippen LogP contribution in [0, 0.1) is 5.41 Å². The second-order valence-electron chi connectivity index (χ2n) is 4.00. The third-order valence-corrected chi connectivity index (χ3v) is 3.33. The molecule has 1 fully saturated rings. The number of hydrogen-bond acceptors (Lipinski definition) is 1. The highest BCUT2D eigenvalue weighted by Crippen LogP contribution is 2.47. The summed E-state index contributed by atoms with van der Waals surface area (Å²) in [7, 11) is 0. The Balaban J connectivity index is 2.37. The van der Waals surface area contributed by atoms with Crippen molar-refractivity contribution in [1.29, 1.82) is 0 Å². The Bertz CT molecular complexity index is 246. The van der Waals surface area contributed by atoms with Crippen LogP contribution >= 0.6 is 0 Å². The summed E-state index contributed by atoms with van der Waals surface area (Å²) < 4.78 is 0. The van der Waals surface area contributed by atoms with Gasteiger partial charge in [-0.3, -0.25) is 4.79 Å². The van der Waals surface area contributed by atoms with Crippen LogP contribution in [0.15, 0.2) is 12.2 Å². The van der Waals surface area contributed by atoms with Crippen LogP contribution in [0.5, 0.6) is 0 Å². The third kappa shape index (κ3) is 0.602. The molecule has 1 aliphatic carbocycles. The summed E-state index contributed by atoms with van der Waals surface area (Å²) in [5.74, 6) is 0.212. The number of hydrogen-bond donors (Lipinski definition) is 1. The zero-order chi connectivity index (χ0) is 8.11. The van der Waals surface area contributed by atoms with Gasteiger partial charge in [-0.05, 0) is 26.7 Å². The summed E-state index contributed by atoms with van der Waals surface area (Å²) in [6.07, 6.45) is 6.15. The van der Waals surface area contributed by atoms with Gasteiger partial charge in [0.2, 0.25) is 5.91 Å². The van der Waals surface area contributed by atoms with Crippen molar-refractivity contribution in [2.75, 3.05) is 0 Å². The molecule has 2 heteroatoms. The molecule has 2 atom stereocenters. The summed E-state index contributed by atoms with van der Waals surface area (Å²) in [6.45, 7) is 4.17. The first kappa shape index (κ1) is 6.89. The van der Waals surface area contributed by atoms with E-state index >= 15 is 0 Å². The molecule has 0 bridgehead atoms. The summed E-state index contributed by atoms with van der Waals surface area (Å²) in [4.78, 5) is 11.2. The van der Waals surface area contributed by atoms with Crippen molar-refractivity contribution in [1.82, 2.24) is 5.32 Å². The minimum Gasteiger partial charge on any atom is -0.349 e. The van der Waals surface area contributed by atoms with E-state index in [0.717, 1.165) is 12.8 Å². The van der Waals surface area contributed by atoms with Crippen molar-refractivity contribution in [3.8, 4) is 0 Å². The van der Waals surface area contributed by atoms with E-state index in [1.807, 2.05) is 0 Å². The fourth-order valence-corrected chi connectivity index (χ4v) is 1.95. The Labute approximate surface area is 66.7 Å². The smallest absolute Gasteiger partial charge is 0.229 e. The number of allylic oxidation sites excluding steroid dienone is 1. The predicted molar refractivity (Wildman–Crippen MR) is 43.0 cm³/mol. The maximum atomic E-state index is 11.2. The van der Waals surface area contributed by atoms with Crippen LogP contribution in [0.3, 0.4) is 0 Å². The largest absolute Gasteiger partial charge is 0.349 e. The van der Waals surface area contributed by atoms with Gasteiger partial charge in [0, 0.05) is 0 Å². The molecule has 2 unspecified atom stereocenters. The van der Waals surface area contributed by atoms with Crippen molar-refractivity contribution in [3.05, 3.63) is 12.2 Å². The lowest BCUT2D eigenvalue weighted by Crippen LogP contribution is -2.74. The number of nitrogens with one attached hydrogen (secondary N) is 1. The zero-order valence-electron chi connectivity index (χ0n) is 6.98. The van der Waals surface area contributed by atoms with E-state index in [0.29, 0.717) is 0 Å². The Morgan fingerprint density at radius 2 is 2.00 bits per heavy atom. The quantitative estimate of drug-likeness (QED) is 0.409. The van der Waals surface area contributed by atoms with E-state index in [1.54, 1.807) is 0 Å². The number of carbonyl (C=O) groups excluding carboxylic acids is 1. The standard InChI is InChI=1S/C9H13NO/c1-8-5-3-4-6-9(8,2)10-7(8)11/h3-4H,5-6H2,1-2H3,(H,10,11). The number of β-lactam (4-membered cyclic amide) rings is 1. The minimum atomic E-state index is -0.123. The van der Waals surface area contributed by atoms with Crippen LogP contribution in [0.1, 0.15) is 26.7 Å². The average Bonchev–Trinajstić information content (AvgIpc) is 1.96. The lowest BCUT2D eigenvalue weighted by atomic mass is 9.59. The molecule has 1 N–H and O–H groups in total. The Kier molecular flexibility index (Phi) is 1.05. The van der Waals surface area contributed by atoms with Gasteiger partial charge in [0.25, 0.3) is 0 Å². The highest BCUT2D eigenvalue weighted by Gasteiger charge is 2.59. The maximum absolute atomic E-state index is 11.2. The molecule has 0 saturated carbocycles. The number of fused-ring (bicyclic) bond motifs is 1. The highest BCUT2D eigenvalue weighted by atomic mass is 16.2. The van der Waals surface area contributed by atoms with Crippen LogP contribution in [0.2, 0.25) is 0 Å². The van der Waals surface area contributed by atoms with Crippen LogP contribution in [-0.4, -0.2) is 11.4 Å². The van der Waals surface area contributed by atoms with Gasteiger partial charge in [-0.15, -0.1) is 0 Å². The SMILES string of the molecule is CC12CC=CCC1(C)C(=O)N2. The van der Waals surface area contributed by atoms with E-state index in [4.69, 9.17) is 0 Å². The first-order valence-electron chi connectivity index (χ1n) is 4.06. The van der Waals surface area contributed by atoms with Gasteiger partial charge >= 0.3 is 0 Å². The third-order valence-electron chi connectivity index (χ3n) is 3.33. The number of rotatable bonds is 0. The fraction of sp³-hybridized carbons (Fsp3) is 0.667. The second kappa shape index (κ2) is 1.68. The number of amides is 1. The van der Waals surface area contributed by atoms with Crippen LogP contribution in [0.25, 0.3) is 0 Å². The highest BCUT2D eigenvalue weighted by molar-refractivity contribution is 5.92. The van der Waals surface area contributed by atoms with E-state index in [9.17, 15) is 4.79 Å². The predicted octanol–water partition coefficient (Wildman–Crippen LogP) is 1.23. The fourth-order valence-electron chi connectivity index (χ4n) is 1.95. The Morgan fingerprint density at radius 3 is 2.45 bits per heavy atom. The lowest BCUT2D eigenvalue weighted by molar-refractivity contribution is -0.153. The van der Waals surface area contributed by atoms with Gasteiger partial charge in [0.1, 0.15) is 0 Å². The summed E-state index contributed by atoms with van der Waals surface area (Å²) >= 11 is 0. The molecule has 1 saturated heterocycles.